The number of hydrogen-bond donors (Lipinski definition) is 0. The fourth-order valence-corrected chi connectivity index (χ4v) is 4.82. The summed E-state index contributed by atoms with van der Waals surface area (Å²) >= 11 is 7.70. The lowest BCUT2D eigenvalue weighted by atomic mass is 10.2. The van der Waals surface area contributed by atoms with Gasteiger partial charge in [0.15, 0.2) is 5.13 Å². The van der Waals surface area contributed by atoms with Crippen LogP contribution in [0.5, 0.6) is 0 Å². The van der Waals surface area contributed by atoms with Gasteiger partial charge in [0.2, 0.25) is 0 Å². The molecule has 0 saturated carbocycles. The first kappa shape index (κ1) is 19.6. The second-order valence-corrected chi connectivity index (χ2v) is 8.48. The Labute approximate surface area is 178 Å². The fraction of sp³-hybridized carbons (Fsp3) is 0.227. The number of anilines is 1. The van der Waals surface area contributed by atoms with Crippen molar-refractivity contribution in [1.82, 2.24) is 14.8 Å². The number of carbonyl (C=O) groups excluding carboxylic acids is 1. The van der Waals surface area contributed by atoms with Crippen LogP contribution in [-0.2, 0) is 6.54 Å². The van der Waals surface area contributed by atoms with Crippen molar-refractivity contribution < 1.29 is 4.79 Å². The second kappa shape index (κ2) is 7.97. The third-order valence-electron chi connectivity index (χ3n) is 4.77. The summed E-state index contributed by atoms with van der Waals surface area (Å²) in [5, 5.41) is 5.86. The highest BCUT2D eigenvalue weighted by Crippen LogP contribution is 2.33. The van der Waals surface area contributed by atoms with Crippen molar-refractivity contribution in [3.05, 3.63) is 76.1 Å². The fourth-order valence-electron chi connectivity index (χ4n) is 3.37. The number of aryl methyl sites for hydroxylation is 3. The van der Waals surface area contributed by atoms with Gasteiger partial charge in [-0.3, -0.25) is 14.4 Å². The van der Waals surface area contributed by atoms with Crippen molar-refractivity contribution in [2.45, 2.75) is 27.3 Å². The van der Waals surface area contributed by atoms with Crippen LogP contribution in [-0.4, -0.2) is 27.2 Å². The van der Waals surface area contributed by atoms with Gasteiger partial charge in [-0.1, -0.05) is 41.1 Å². The average molecular weight is 425 g/mol. The van der Waals surface area contributed by atoms with Gasteiger partial charge in [0, 0.05) is 22.8 Å². The normalized spacial score (nSPS) is 11.2. The molecule has 0 radical (unpaired) electrons. The molecule has 29 heavy (non-hydrogen) atoms. The molecule has 0 aliphatic heterocycles. The number of fused-ring (bicyclic) bond motifs is 1. The zero-order valence-corrected chi connectivity index (χ0v) is 18.1. The minimum Gasteiger partial charge on any atom is -0.282 e. The van der Waals surface area contributed by atoms with Gasteiger partial charge in [-0.15, -0.1) is 0 Å². The Morgan fingerprint density at radius 1 is 1.14 bits per heavy atom. The Morgan fingerprint density at radius 3 is 2.59 bits per heavy atom. The van der Waals surface area contributed by atoms with Gasteiger partial charge in [-0.2, -0.15) is 5.10 Å². The molecule has 2 heterocycles. The number of halogens is 1. The molecule has 0 spiro atoms. The molecule has 0 aliphatic carbocycles. The molecular formula is C22H21ClN4OS. The summed E-state index contributed by atoms with van der Waals surface area (Å²) in [4.78, 5) is 19.8. The van der Waals surface area contributed by atoms with Gasteiger partial charge in [0.1, 0.15) is 0 Å². The molecule has 1 amide bonds. The van der Waals surface area contributed by atoms with E-state index in [1.165, 1.54) is 11.3 Å². The molecule has 4 rings (SSSR count). The molecule has 5 nitrogen and oxygen atoms in total. The van der Waals surface area contributed by atoms with Crippen LogP contribution < -0.4 is 4.90 Å². The van der Waals surface area contributed by atoms with Crippen molar-refractivity contribution in [2.75, 3.05) is 11.4 Å². The van der Waals surface area contributed by atoms with E-state index in [1.807, 2.05) is 74.0 Å². The van der Waals surface area contributed by atoms with E-state index < -0.39 is 0 Å². The molecule has 0 bridgehead atoms. The van der Waals surface area contributed by atoms with Crippen LogP contribution in [0.25, 0.3) is 10.2 Å². The summed E-state index contributed by atoms with van der Waals surface area (Å²) in [6, 6.07) is 15.1. The van der Waals surface area contributed by atoms with Crippen molar-refractivity contribution >= 4 is 44.2 Å². The number of benzene rings is 2. The van der Waals surface area contributed by atoms with E-state index in [1.54, 1.807) is 4.90 Å². The van der Waals surface area contributed by atoms with Gasteiger partial charge >= 0.3 is 0 Å². The molecule has 4 aromatic rings. The molecule has 2 aromatic heterocycles. The van der Waals surface area contributed by atoms with Crippen LogP contribution in [0.3, 0.4) is 0 Å². The second-order valence-electron chi connectivity index (χ2n) is 7.04. The number of nitrogens with zero attached hydrogens (tertiary/aromatic N) is 4. The minimum atomic E-state index is -0.0741. The third-order valence-corrected chi connectivity index (χ3v) is 6.02. The van der Waals surface area contributed by atoms with E-state index in [0.717, 1.165) is 27.2 Å². The van der Waals surface area contributed by atoms with Crippen molar-refractivity contribution in [3.8, 4) is 0 Å². The molecule has 7 heteroatoms. The summed E-state index contributed by atoms with van der Waals surface area (Å²) in [5.41, 5.74) is 4.55. The Morgan fingerprint density at radius 2 is 1.90 bits per heavy atom. The zero-order valence-electron chi connectivity index (χ0n) is 16.5. The Kier molecular flexibility index (Phi) is 5.39. The molecule has 148 valence electrons. The lowest BCUT2D eigenvalue weighted by Crippen LogP contribution is -2.34. The highest BCUT2D eigenvalue weighted by molar-refractivity contribution is 7.22. The number of amides is 1. The quantitative estimate of drug-likeness (QED) is 0.430. The van der Waals surface area contributed by atoms with E-state index >= 15 is 0 Å². The van der Waals surface area contributed by atoms with Gasteiger partial charge in [-0.25, -0.2) is 4.98 Å². The third kappa shape index (κ3) is 4.04. The van der Waals surface area contributed by atoms with Crippen LogP contribution in [0.15, 0.2) is 48.5 Å². The van der Waals surface area contributed by atoms with Crippen molar-refractivity contribution in [3.63, 3.8) is 0 Å². The lowest BCUT2D eigenvalue weighted by molar-refractivity contribution is 0.0985. The van der Waals surface area contributed by atoms with E-state index in [0.29, 0.717) is 28.8 Å². The molecule has 0 aliphatic rings. The number of carbonyl (C=O) groups is 1. The SMILES string of the molecule is Cc1cc(C)n(CCN(C(=O)c2ccccc2)c2nc3c(C)cc(Cl)cc3s2)n1. The van der Waals surface area contributed by atoms with Gasteiger partial charge in [0.25, 0.3) is 5.91 Å². The highest BCUT2D eigenvalue weighted by atomic mass is 35.5. The van der Waals surface area contributed by atoms with Crippen LogP contribution in [0, 0.1) is 20.8 Å². The molecule has 0 saturated heterocycles. The maximum atomic E-state index is 13.3. The van der Waals surface area contributed by atoms with Crippen molar-refractivity contribution in [2.24, 2.45) is 0 Å². The average Bonchev–Trinajstić information content (AvgIpc) is 3.25. The summed E-state index contributed by atoms with van der Waals surface area (Å²) in [5.74, 6) is -0.0741. The molecular weight excluding hydrogens is 404 g/mol. The molecule has 0 N–H and O–H groups in total. The molecule has 0 atom stereocenters. The van der Waals surface area contributed by atoms with Crippen LogP contribution in [0.1, 0.15) is 27.3 Å². The Balaban J connectivity index is 1.72. The van der Waals surface area contributed by atoms with Gasteiger partial charge in [0.05, 0.1) is 22.5 Å². The number of hydrogen-bond acceptors (Lipinski definition) is 4. The molecule has 0 fully saturated rings. The van der Waals surface area contributed by atoms with Crippen LogP contribution in [0.4, 0.5) is 5.13 Å². The maximum absolute atomic E-state index is 13.3. The van der Waals surface area contributed by atoms with E-state index in [2.05, 4.69) is 5.10 Å². The summed E-state index contributed by atoms with van der Waals surface area (Å²) in [6.45, 7) is 7.04. The zero-order chi connectivity index (χ0) is 20.5. The van der Waals surface area contributed by atoms with Gasteiger partial charge < -0.3 is 0 Å². The van der Waals surface area contributed by atoms with Crippen LogP contribution in [0.2, 0.25) is 5.02 Å². The van der Waals surface area contributed by atoms with E-state index in [4.69, 9.17) is 16.6 Å². The monoisotopic (exact) mass is 424 g/mol. The van der Waals surface area contributed by atoms with Crippen LogP contribution >= 0.6 is 22.9 Å². The maximum Gasteiger partial charge on any atom is 0.260 e. The Hall–Kier alpha value is -2.70. The summed E-state index contributed by atoms with van der Waals surface area (Å²) in [6.07, 6.45) is 0. The number of rotatable bonds is 5. The summed E-state index contributed by atoms with van der Waals surface area (Å²) in [7, 11) is 0. The first-order valence-electron chi connectivity index (χ1n) is 9.37. The van der Waals surface area contributed by atoms with E-state index in [9.17, 15) is 4.79 Å². The molecule has 0 unspecified atom stereocenters. The number of aromatic nitrogens is 3. The number of thiazole rings is 1. The van der Waals surface area contributed by atoms with E-state index in [-0.39, 0.29) is 5.91 Å². The first-order chi connectivity index (χ1) is 13.9. The highest BCUT2D eigenvalue weighted by Gasteiger charge is 2.22. The topological polar surface area (TPSA) is 51.0 Å². The predicted octanol–water partition coefficient (Wildman–Crippen LogP) is 5.42. The largest absolute Gasteiger partial charge is 0.282 e. The lowest BCUT2D eigenvalue weighted by Gasteiger charge is -2.20. The Bertz CT molecular complexity index is 1180. The smallest absolute Gasteiger partial charge is 0.260 e. The minimum absolute atomic E-state index is 0.0741. The molecule has 2 aromatic carbocycles. The predicted molar refractivity (Wildman–Crippen MR) is 119 cm³/mol. The van der Waals surface area contributed by atoms with Crippen molar-refractivity contribution in [1.29, 1.82) is 0 Å². The first-order valence-corrected chi connectivity index (χ1v) is 10.6. The summed E-state index contributed by atoms with van der Waals surface area (Å²) < 4.78 is 2.90. The van der Waals surface area contributed by atoms with Gasteiger partial charge in [-0.05, 0) is 56.7 Å². The standard InChI is InChI=1S/C22H21ClN4OS/c1-14-11-18(23)13-19-20(14)24-22(29-19)26(21(28)17-7-5-4-6-8-17)9-10-27-16(3)12-15(2)25-27/h4-8,11-13H,9-10H2,1-3H3.